The summed E-state index contributed by atoms with van der Waals surface area (Å²) in [6.07, 6.45) is 4.41. The Hall–Kier alpha value is -2.90. The Morgan fingerprint density at radius 1 is 1.03 bits per heavy atom. The second-order valence-electron chi connectivity index (χ2n) is 8.62. The van der Waals surface area contributed by atoms with Crippen LogP contribution in [0.2, 0.25) is 0 Å². The Balaban J connectivity index is 1.46. The number of H-pyrrole nitrogens is 1. The summed E-state index contributed by atoms with van der Waals surface area (Å²) in [5.74, 6) is 0.339. The molecule has 1 aliphatic rings. The molecular formula is C25H28N4O2S. The van der Waals surface area contributed by atoms with Crippen molar-refractivity contribution in [2.75, 3.05) is 13.1 Å². The first-order valence-corrected chi connectivity index (χ1v) is 12.5. The molecule has 0 saturated carbocycles. The topological polar surface area (TPSA) is 71.0 Å². The zero-order valence-electron chi connectivity index (χ0n) is 18.5. The summed E-state index contributed by atoms with van der Waals surface area (Å²) >= 11 is 0. The number of nitrogens with zero attached hydrogens (tertiary/aromatic N) is 3. The van der Waals surface area contributed by atoms with E-state index in [-0.39, 0.29) is 5.03 Å². The van der Waals surface area contributed by atoms with Crippen LogP contribution < -0.4 is 0 Å². The van der Waals surface area contributed by atoms with Crippen molar-refractivity contribution in [3.05, 3.63) is 83.4 Å². The van der Waals surface area contributed by atoms with Crippen LogP contribution in [0.3, 0.4) is 0 Å². The van der Waals surface area contributed by atoms with Crippen molar-refractivity contribution in [1.29, 1.82) is 0 Å². The van der Waals surface area contributed by atoms with Crippen molar-refractivity contribution in [2.45, 2.75) is 44.2 Å². The highest BCUT2D eigenvalue weighted by Crippen LogP contribution is 2.38. The third kappa shape index (κ3) is 3.55. The molecule has 32 heavy (non-hydrogen) atoms. The summed E-state index contributed by atoms with van der Waals surface area (Å²) in [5, 5.41) is 1.45. The van der Waals surface area contributed by atoms with Crippen LogP contribution >= 0.6 is 0 Å². The first kappa shape index (κ1) is 21.0. The Morgan fingerprint density at radius 2 is 1.75 bits per heavy atom. The lowest BCUT2D eigenvalue weighted by Gasteiger charge is -2.31. The molecule has 1 aliphatic heterocycles. The molecule has 3 heterocycles. The van der Waals surface area contributed by atoms with Crippen molar-refractivity contribution in [3.63, 3.8) is 0 Å². The molecule has 0 amide bonds. The summed E-state index contributed by atoms with van der Waals surface area (Å²) in [7, 11) is -3.51. The van der Waals surface area contributed by atoms with E-state index in [1.807, 2.05) is 0 Å². The van der Waals surface area contributed by atoms with Crippen molar-refractivity contribution in [1.82, 2.24) is 18.8 Å². The molecule has 6 nitrogen and oxygen atoms in total. The zero-order valence-corrected chi connectivity index (χ0v) is 19.3. The van der Waals surface area contributed by atoms with Crippen molar-refractivity contribution in [3.8, 4) is 0 Å². The van der Waals surface area contributed by atoms with E-state index in [4.69, 9.17) is 0 Å². The number of hydrogen-bond donors (Lipinski definition) is 1. The molecule has 5 rings (SSSR count). The highest BCUT2D eigenvalue weighted by Gasteiger charge is 2.32. The van der Waals surface area contributed by atoms with Gasteiger partial charge >= 0.3 is 0 Å². The maximum atomic E-state index is 12.9. The van der Waals surface area contributed by atoms with Crippen molar-refractivity contribution in [2.24, 2.45) is 0 Å². The maximum Gasteiger partial charge on any atom is 0.260 e. The molecule has 0 radical (unpaired) electrons. The Labute approximate surface area is 189 Å². The third-order valence-electron chi connectivity index (χ3n) is 6.82. The predicted molar refractivity (Wildman–Crippen MR) is 126 cm³/mol. The maximum absolute atomic E-state index is 12.9. The Bertz CT molecular complexity index is 1350. The van der Waals surface area contributed by atoms with E-state index >= 15 is 0 Å². The molecule has 1 N–H and O–H groups in total. The van der Waals surface area contributed by atoms with Gasteiger partial charge in [-0.3, -0.25) is 0 Å². The van der Waals surface area contributed by atoms with E-state index in [1.165, 1.54) is 45.8 Å². The summed E-state index contributed by atoms with van der Waals surface area (Å²) in [6.45, 7) is 6.24. The van der Waals surface area contributed by atoms with Crippen LogP contribution in [0.15, 0.2) is 66.1 Å². The summed E-state index contributed by atoms with van der Waals surface area (Å²) in [6, 6.07) is 17.1. The lowest BCUT2D eigenvalue weighted by atomic mass is 9.88. The number of piperidine rings is 1. The normalized spacial score (nSPS) is 16.1. The van der Waals surface area contributed by atoms with Gasteiger partial charge in [-0.25, -0.2) is 13.4 Å². The number of rotatable bonds is 5. The fraction of sp³-hybridized carbons (Fsp3) is 0.320. The minimum absolute atomic E-state index is 0.168. The predicted octanol–water partition coefficient (Wildman–Crippen LogP) is 4.60. The number of imidazole rings is 1. The van der Waals surface area contributed by atoms with E-state index in [0.29, 0.717) is 19.0 Å². The molecule has 0 spiro atoms. The number of aromatic amines is 1. The van der Waals surface area contributed by atoms with Gasteiger partial charge in [0.05, 0.1) is 12.5 Å². The third-order valence-corrected chi connectivity index (χ3v) is 8.65. The molecule has 2 aromatic carbocycles. The number of benzene rings is 2. The van der Waals surface area contributed by atoms with Gasteiger partial charge < -0.3 is 9.55 Å². The molecule has 166 valence electrons. The van der Waals surface area contributed by atoms with Gasteiger partial charge in [-0.2, -0.15) is 4.31 Å². The SMILES string of the molecule is Cc1ccccc1Cn1c(C)c(C2CCN(S(=O)(=O)c3cnc[nH]3)CC2)c2ccccc21. The fourth-order valence-corrected chi connectivity index (χ4v) is 6.41. The zero-order chi connectivity index (χ0) is 22.3. The first-order chi connectivity index (χ1) is 15.5. The van der Waals surface area contributed by atoms with Crippen molar-refractivity contribution < 1.29 is 8.42 Å². The second kappa shape index (κ2) is 8.22. The molecule has 1 saturated heterocycles. The molecule has 4 aromatic rings. The fourth-order valence-electron chi connectivity index (χ4n) is 5.04. The van der Waals surface area contributed by atoms with E-state index in [2.05, 4.69) is 76.9 Å². The highest BCUT2D eigenvalue weighted by molar-refractivity contribution is 7.89. The van der Waals surface area contributed by atoms with Crippen LogP contribution in [-0.2, 0) is 16.6 Å². The van der Waals surface area contributed by atoms with Gasteiger partial charge in [0.2, 0.25) is 0 Å². The van der Waals surface area contributed by atoms with Gasteiger partial charge in [-0.1, -0.05) is 42.5 Å². The molecule has 0 unspecified atom stereocenters. The van der Waals surface area contributed by atoms with E-state index in [9.17, 15) is 8.42 Å². The molecule has 0 atom stereocenters. The average Bonchev–Trinajstić information content (AvgIpc) is 3.43. The van der Waals surface area contributed by atoms with E-state index < -0.39 is 10.0 Å². The number of sulfonamides is 1. The van der Waals surface area contributed by atoms with Crippen LogP contribution in [0.4, 0.5) is 0 Å². The summed E-state index contributed by atoms with van der Waals surface area (Å²) in [4.78, 5) is 6.61. The quantitative estimate of drug-likeness (QED) is 0.485. The van der Waals surface area contributed by atoms with Crippen LogP contribution in [0.1, 0.15) is 41.1 Å². The number of hydrogen-bond acceptors (Lipinski definition) is 3. The van der Waals surface area contributed by atoms with Gasteiger partial charge in [0, 0.05) is 36.2 Å². The Kier molecular flexibility index (Phi) is 5.39. The lowest BCUT2D eigenvalue weighted by molar-refractivity contribution is 0.319. The molecule has 2 aromatic heterocycles. The number of aromatic nitrogens is 3. The minimum atomic E-state index is -3.51. The number of fused-ring (bicyclic) bond motifs is 1. The second-order valence-corrected chi connectivity index (χ2v) is 10.5. The van der Waals surface area contributed by atoms with E-state index in [0.717, 1.165) is 19.4 Å². The van der Waals surface area contributed by atoms with Crippen LogP contribution in [-0.4, -0.2) is 40.3 Å². The first-order valence-electron chi connectivity index (χ1n) is 11.1. The average molecular weight is 449 g/mol. The molecule has 7 heteroatoms. The van der Waals surface area contributed by atoms with Gasteiger partial charge in [-0.05, 0) is 55.4 Å². The summed E-state index contributed by atoms with van der Waals surface area (Å²) in [5.41, 5.74) is 6.51. The monoisotopic (exact) mass is 448 g/mol. The smallest absolute Gasteiger partial charge is 0.260 e. The largest absolute Gasteiger partial charge is 0.340 e. The van der Waals surface area contributed by atoms with Crippen LogP contribution in [0.5, 0.6) is 0 Å². The molecule has 0 aliphatic carbocycles. The van der Waals surface area contributed by atoms with Gasteiger partial charge in [0.25, 0.3) is 10.0 Å². The summed E-state index contributed by atoms with van der Waals surface area (Å²) < 4.78 is 29.7. The van der Waals surface area contributed by atoms with Crippen molar-refractivity contribution >= 4 is 20.9 Å². The van der Waals surface area contributed by atoms with Crippen LogP contribution in [0, 0.1) is 13.8 Å². The van der Waals surface area contributed by atoms with Gasteiger partial charge in [0.15, 0.2) is 5.03 Å². The van der Waals surface area contributed by atoms with Crippen LogP contribution in [0.25, 0.3) is 10.9 Å². The molecule has 1 fully saturated rings. The number of para-hydroxylation sites is 1. The lowest BCUT2D eigenvalue weighted by Crippen LogP contribution is -2.38. The Morgan fingerprint density at radius 3 is 2.47 bits per heavy atom. The number of aryl methyl sites for hydroxylation is 1. The van der Waals surface area contributed by atoms with Gasteiger partial charge in [0.1, 0.15) is 0 Å². The van der Waals surface area contributed by atoms with E-state index in [1.54, 1.807) is 4.31 Å². The minimum Gasteiger partial charge on any atom is -0.340 e. The van der Waals surface area contributed by atoms with Gasteiger partial charge in [-0.15, -0.1) is 0 Å². The molecule has 0 bridgehead atoms. The highest BCUT2D eigenvalue weighted by atomic mass is 32.2. The number of nitrogens with one attached hydrogen (secondary N) is 1. The standard InChI is InChI=1S/C25H28N4O2S/c1-18-7-3-4-8-21(18)16-29-19(2)25(22-9-5-6-10-23(22)29)20-11-13-28(14-12-20)32(30,31)24-15-26-17-27-24/h3-10,15,17,20H,11-14,16H2,1-2H3,(H,26,27). The molecular weight excluding hydrogens is 420 g/mol.